The summed E-state index contributed by atoms with van der Waals surface area (Å²) in [5, 5.41) is 6.31. The predicted octanol–water partition coefficient (Wildman–Crippen LogP) is 1.37. The van der Waals surface area contributed by atoms with Crippen molar-refractivity contribution in [3.8, 4) is 0 Å². The van der Waals surface area contributed by atoms with Gasteiger partial charge in [0.1, 0.15) is 27.3 Å². The molecule has 2 N–H and O–H groups in total. The lowest BCUT2D eigenvalue weighted by Crippen LogP contribution is -2.26. The zero-order valence-electron chi connectivity index (χ0n) is 12.1. The minimum atomic E-state index is -3.01. The molecule has 108 valence electrons. The maximum atomic E-state index is 11.3. The molecule has 0 aliphatic heterocycles. The van der Waals surface area contributed by atoms with Gasteiger partial charge in [0.15, 0.2) is 0 Å². The van der Waals surface area contributed by atoms with E-state index in [1.807, 2.05) is 27.7 Å². The van der Waals surface area contributed by atoms with Gasteiger partial charge in [-0.2, -0.15) is 0 Å². The molecule has 0 aromatic carbocycles. The second kappa shape index (κ2) is 6.18. The van der Waals surface area contributed by atoms with E-state index in [0.29, 0.717) is 11.6 Å². The molecular weight excluding hydrogens is 264 g/mol. The van der Waals surface area contributed by atoms with Crippen LogP contribution in [0.15, 0.2) is 0 Å². The zero-order chi connectivity index (χ0) is 14.6. The van der Waals surface area contributed by atoms with Crippen LogP contribution in [-0.2, 0) is 9.84 Å². The average molecular weight is 286 g/mol. The van der Waals surface area contributed by atoms with Crippen molar-refractivity contribution < 1.29 is 8.42 Å². The lowest BCUT2D eigenvalue weighted by Gasteiger charge is -2.17. The Labute approximate surface area is 115 Å². The first-order valence-electron chi connectivity index (χ1n) is 6.26. The highest BCUT2D eigenvalue weighted by molar-refractivity contribution is 7.90. The predicted molar refractivity (Wildman–Crippen MR) is 78.5 cm³/mol. The van der Waals surface area contributed by atoms with E-state index >= 15 is 0 Å². The van der Waals surface area contributed by atoms with Gasteiger partial charge in [0.25, 0.3) is 0 Å². The first-order valence-corrected chi connectivity index (χ1v) is 8.32. The molecule has 0 bridgehead atoms. The normalized spacial score (nSPS) is 13.1. The van der Waals surface area contributed by atoms with E-state index in [1.54, 1.807) is 0 Å². The lowest BCUT2D eigenvalue weighted by atomic mass is 10.2. The number of aromatic nitrogens is 2. The third-order valence-electron chi connectivity index (χ3n) is 2.54. The van der Waals surface area contributed by atoms with Crippen molar-refractivity contribution in [3.63, 3.8) is 0 Å². The summed E-state index contributed by atoms with van der Waals surface area (Å²) >= 11 is 0. The van der Waals surface area contributed by atoms with Crippen LogP contribution in [0.5, 0.6) is 0 Å². The van der Waals surface area contributed by atoms with Crippen molar-refractivity contribution >= 4 is 21.5 Å². The van der Waals surface area contributed by atoms with Crippen LogP contribution in [-0.4, -0.2) is 43.0 Å². The van der Waals surface area contributed by atoms with Crippen LogP contribution >= 0.6 is 0 Å². The van der Waals surface area contributed by atoms with Crippen LogP contribution in [0.25, 0.3) is 0 Å². The fraction of sp³-hybridized carbons (Fsp3) is 0.667. The lowest BCUT2D eigenvalue weighted by molar-refractivity contribution is 0.598. The van der Waals surface area contributed by atoms with Crippen LogP contribution in [0.3, 0.4) is 0 Å². The number of rotatable bonds is 6. The van der Waals surface area contributed by atoms with Crippen molar-refractivity contribution in [1.29, 1.82) is 0 Å². The zero-order valence-corrected chi connectivity index (χ0v) is 12.9. The summed E-state index contributed by atoms with van der Waals surface area (Å²) < 4.78 is 22.5. The molecule has 1 atom stereocenters. The van der Waals surface area contributed by atoms with Gasteiger partial charge in [0.2, 0.25) is 0 Å². The van der Waals surface area contributed by atoms with Gasteiger partial charge in [-0.05, 0) is 27.7 Å². The molecule has 0 saturated heterocycles. The molecule has 6 nitrogen and oxygen atoms in total. The molecule has 0 aliphatic rings. The molecule has 0 aliphatic carbocycles. The Morgan fingerprint density at radius 2 is 1.79 bits per heavy atom. The van der Waals surface area contributed by atoms with Crippen LogP contribution in [0.2, 0.25) is 0 Å². The molecule has 1 aromatic rings. The molecule has 1 rings (SSSR count). The van der Waals surface area contributed by atoms with E-state index in [-0.39, 0.29) is 11.8 Å². The van der Waals surface area contributed by atoms with Crippen LogP contribution in [0.4, 0.5) is 11.6 Å². The largest absolute Gasteiger partial charge is 0.370 e. The molecule has 19 heavy (non-hydrogen) atoms. The number of anilines is 2. The van der Waals surface area contributed by atoms with E-state index in [4.69, 9.17) is 0 Å². The molecular formula is C12H22N4O2S. The van der Waals surface area contributed by atoms with E-state index in [1.165, 1.54) is 6.26 Å². The van der Waals surface area contributed by atoms with Crippen molar-refractivity contribution in [2.45, 2.75) is 33.7 Å². The summed E-state index contributed by atoms with van der Waals surface area (Å²) in [6.45, 7) is 8.32. The van der Waals surface area contributed by atoms with Crippen LogP contribution in [0.1, 0.15) is 25.2 Å². The molecule has 1 unspecified atom stereocenters. The van der Waals surface area contributed by atoms with Gasteiger partial charge in [0.05, 0.1) is 5.75 Å². The molecule has 0 radical (unpaired) electrons. The van der Waals surface area contributed by atoms with Crippen molar-refractivity contribution in [1.82, 2.24) is 9.97 Å². The first kappa shape index (κ1) is 15.7. The van der Waals surface area contributed by atoms with E-state index in [2.05, 4.69) is 20.6 Å². The molecule has 0 spiro atoms. The van der Waals surface area contributed by atoms with E-state index in [9.17, 15) is 8.42 Å². The van der Waals surface area contributed by atoms with Gasteiger partial charge in [0, 0.05) is 24.4 Å². The second-order valence-electron chi connectivity index (χ2n) is 4.76. The van der Waals surface area contributed by atoms with Gasteiger partial charge in [-0.15, -0.1) is 0 Å². The SMILES string of the molecule is CCNc1nc(C)nc(NC(C)CS(C)(=O)=O)c1C. The quantitative estimate of drug-likeness (QED) is 0.821. The maximum Gasteiger partial charge on any atom is 0.149 e. The Morgan fingerprint density at radius 1 is 1.21 bits per heavy atom. The summed E-state index contributed by atoms with van der Waals surface area (Å²) in [4.78, 5) is 8.65. The highest BCUT2D eigenvalue weighted by atomic mass is 32.2. The Hall–Kier alpha value is -1.37. The number of nitrogens with zero attached hydrogens (tertiary/aromatic N) is 2. The highest BCUT2D eigenvalue weighted by Crippen LogP contribution is 2.20. The Bertz CT molecular complexity index is 543. The average Bonchev–Trinajstić information content (AvgIpc) is 2.22. The highest BCUT2D eigenvalue weighted by Gasteiger charge is 2.14. The number of nitrogens with one attached hydrogen (secondary N) is 2. The fourth-order valence-electron chi connectivity index (χ4n) is 1.84. The number of hydrogen-bond donors (Lipinski definition) is 2. The summed E-state index contributed by atoms with van der Waals surface area (Å²) in [5.74, 6) is 2.19. The maximum absolute atomic E-state index is 11.3. The minimum absolute atomic E-state index is 0.0754. The van der Waals surface area contributed by atoms with Crippen molar-refractivity contribution in [2.75, 3.05) is 29.2 Å². The van der Waals surface area contributed by atoms with E-state index < -0.39 is 9.84 Å². The summed E-state index contributed by atoms with van der Waals surface area (Å²) in [5.41, 5.74) is 0.896. The fourth-order valence-corrected chi connectivity index (χ4v) is 2.83. The molecule has 0 fully saturated rings. The molecule has 1 heterocycles. The standard InChI is InChI=1S/C12H22N4O2S/c1-6-13-11-9(3)12(16-10(4)15-11)14-8(2)7-19(5,17)18/h8H,6-7H2,1-5H3,(H2,13,14,15,16). The Morgan fingerprint density at radius 3 is 2.32 bits per heavy atom. The number of hydrogen-bond acceptors (Lipinski definition) is 6. The molecule has 0 amide bonds. The van der Waals surface area contributed by atoms with Crippen molar-refractivity contribution in [3.05, 3.63) is 11.4 Å². The van der Waals surface area contributed by atoms with Gasteiger partial charge >= 0.3 is 0 Å². The second-order valence-corrected chi connectivity index (χ2v) is 6.95. The topological polar surface area (TPSA) is 84.0 Å². The smallest absolute Gasteiger partial charge is 0.149 e. The van der Waals surface area contributed by atoms with Gasteiger partial charge in [-0.25, -0.2) is 18.4 Å². The van der Waals surface area contributed by atoms with Crippen molar-refractivity contribution in [2.24, 2.45) is 0 Å². The number of aryl methyl sites for hydroxylation is 1. The Balaban J connectivity index is 2.94. The third-order valence-corrected chi connectivity index (χ3v) is 3.64. The third kappa shape index (κ3) is 5.02. The Kier molecular flexibility index (Phi) is 5.11. The van der Waals surface area contributed by atoms with Crippen LogP contribution in [0, 0.1) is 13.8 Å². The summed E-state index contributed by atoms with van der Waals surface area (Å²) in [6, 6.07) is -0.197. The summed E-state index contributed by atoms with van der Waals surface area (Å²) in [7, 11) is -3.01. The monoisotopic (exact) mass is 286 g/mol. The first-order chi connectivity index (χ1) is 8.73. The molecule has 1 aromatic heterocycles. The van der Waals surface area contributed by atoms with Gasteiger partial charge in [-0.1, -0.05) is 0 Å². The minimum Gasteiger partial charge on any atom is -0.370 e. The van der Waals surface area contributed by atoms with Gasteiger partial charge < -0.3 is 10.6 Å². The molecule has 7 heteroatoms. The van der Waals surface area contributed by atoms with Gasteiger partial charge in [-0.3, -0.25) is 0 Å². The van der Waals surface area contributed by atoms with E-state index in [0.717, 1.165) is 17.9 Å². The molecule has 0 saturated carbocycles. The summed E-state index contributed by atoms with van der Waals surface area (Å²) in [6.07, 6.45) is 1.23. The number of sulfone groups is 1. The van der Waals surface area contributed by atoms with Crippen LogP contribution < -0.4 is 10.6 Å².